The van der Waals surface area contributed by atoms with E-state index in [1.54, 1.807) is 32.2 Å². The van der Waals surface area contributed by atoms with Crippen LogP contribution in [0, 0.1) is 5.92 Å². The summed E-state index contributed by atoms with van der Waals surface area (Å²) in [6.45, 7) is 8.48. The molecular formula is C19H26N4O2S. The van der Waals surface area contributed by atoms with Gasteiger partial charge in [0.2, 0.25) is 5.91 Å². The molecule has 0 aliphatic heterocycles. The number of rotatable bonds is 8. The maximum absolute atomic E-state index is 12.5. The molecule has 0 fully saturated rings. The molecule has 0 saturated carbocycles. The van der Waals surface area contributed by atoms with Crippen molar-refractivity contribution in [1.29, 1.82) is 0 Å². The lowest BCUT2D eigenvalue weighted by atomic mass is 10.1. The number of hydrogen-bond acceptors (Lipinski definition) is 5. The van der Waals surface area contributed by atoms with Gasteiger partial charge in [0.15, 0.2) is 11.0 Å². The Morgan fingerprint density at radius 1 is 1.31 bits per heavy atom. The second kappa shape index (κ2) is 8.89. The number of aromatic nitrogens is 3. The summed E-state index contributed by atoms with van der Waals surface area (Å²) in [4.78, 5) is 14.1. The third-order valence-electron chi connectivity index (χ3n) is 3.90. The lowest BCUT2D eigenvalue weighted by Gasteiger charge is -2.22. The lowest BCUT2D eigenvalue weighted by molar-refractivity contribution is -0.128. The molecule has 0 aliphatic rings. The summed E-state index contributed by atoms with van der Waals surface area (Å²) < 4.78 is 7.19. The SMILES string of the molecule is C=CCn1c(S[C@@H](C(=O)N(C)C)C(C)C)nnc1-c1ccc(OC)cc1. The van der Waals surface area contributed by atoms with Gasteiger partial charge in [-0.15, -0.1) is 16.8 Å². The van der Waals surface area contributed by atoms with Crippen LogP contribution in [0.25, 0.3) is 11.4 Å². The Labute approximate surface area is 159 Å². The largest absolute Gasteiger partial charge is 0.497 e. The Hall–Kier alpha value is -2.28. The maximum Gasteiger partial charge on any atom is 0.235 e. The fraction of sp³-hybridized carbons (Fsp3) is 0.421. The van der Waals surface area contributed by atoms with E-state index in [1.165, 1.54) is 11.8 Å². The van der Waals surface area contributed by atoms with Gasteiger partial charge in [-0.3, -0.25) is 9.36 Å². The van der Waals surface area contributed by atoms with Crippen molar-refractivity contribution in [3.63, 3.8) is 0 Å². The fourth-order valence-electron chi connectivity index (χ4n) is 2.46. The summed E-state index contributed by atoms with van der Waals surface area (Å²) in [5.74, 6) is 1.78. The molecule has 0 radical (unpaired) electrons. The minimum absolute atomic E-state index is 0.0733. The molecule has 1 heterocycles. The number of carbonyl (C=O) groups excluding carboxylic acids is 1. The number of benzene rings is 1. The van der Waals surface area contributed by atoms with E-state index < -0.39 is 0 Å². The molecule has 1 atom stereocenters. The number of allylic oxidation sites excluding steroid dienone is 1. The number of nitrogens with zero attached hydrogens (tertiary/aromatic N) is 4. The van der Waals surface area contributed by atoms with Crippen molar-refractivity contribution >= 4 is 17.7 Å². The summed E-state index contributed by atoms with van der Waals surface area (Å²) in [6, 6.07) is 7.67. The van der Waals surface area contributed by atoms with Gasteiger partial charge in [-0.1, -0.05) is 31.7 Å². The van der Waals surface area contributed by atoms with Gasteiger partial charge in [0, 0.05) is 26.2 Å². The molecule has 7 heteroatoms. The van der Waals surface area contributed by atoms with Crippen LogP contribution in [0.2, 0.25) is 0 Å². The molecule has 0 aliphatic carbocycles. The molecule has 6 nitrogen and oxygen atoms in total. The molecule has 1 amide bonds. The topological polar surface area (TPSA) is 60.2 Å². The van der Waals surface area contributed by atoms with Crippen molar-refractivity contribution in [1.82, 2.24) is 19.7 Å². The highest BCUT2D eigenvalue weighted by atomic mass is 32.2. The van der Waals surface area contributed by atoms with Crippen molar-refractivity contribution in [3.8, 4) is 17.1 Å². The Bertz CT molecular complexity index is 753. The van der Waals surface area contributed by atoms with Gasteiger partial charge < -0.3 is 9.64 Å². The van der Waals surface area contributed by atoms with Crippen LogP contribution < -0.4 is 4.74 Å². The predicted octanol–water partition coefficient (Wildman–Crippen LogP) is 3.34. The van der Waals surface area contributed by atoms with E-state index in [4.69, 9.17) is 4.74 Å². The molecule has 1 aromatic carbocycles. The van der Waals surface area contributed by atoms with Gasteiger partial charge in [-0.2, -0.15) is 0 Å². The summed E-state index contributed by atoms with van der Waals surface area (Å²) >= 11 is 1.45. The molecule has 2 rings (SSSR count). The van der Waals surface area contributed by atoms with Gasteiger partial charge in [-0.25, -0.2) is 0 Å². The van der Waals surface area contributed by atoms with Gasteiger partial charge >= 0.3 is 0 Å². The molecule has 0 spiro atoms. The second-order valence-electron chi connectivity index (χ2n) is 6.45. The van der Waals surface area contributed by atoms with Crippen LogP contribution in [0.3, 0.4) is 0 Å². The minimum atomic E-state index is -0.221. The van der Waals surface area contributed by atoms with Crippen molar-refractivity contribution < 1.29 is 9.53 Å². The van der Waals surface area contributed by atoms with Crippen molar-refractivity contribution in [3.05, 3.63) is 36.9 Å². The first-order valence-electron chi connectivity index (χ1n) is 8.45. The van der Waals surface area contributed by atoms with Gasteiger partial charge in [0.05, 0.1) is 12.4 Å². The maximum atomic E-state index is 12.5. The number of carbonyl (C=O) groups is 1. The molecule has 140 valence electrons. The van der Waals surface area contributed by atoms with Crippen LogP contribution in [0.5, 0.6) is 5.75 Å². The summed E-state index contributed by atoms with van der Waals surface area (Å²) in [5.41, 5.74) is 0.937. The Kier molecular flexibility index (Phi) is 6.85. The number of methoxy groups -OCH3 is 1. The lowest BCUT2D eigenvalue weighted by Crippen LogP contribution is -2.35. The second-order valence-corrected chi connectivity index (χ2v) is 7.56. The standard InChI is InChI=1S/C19H26N4O2S/c1-7-12-23-17(14-8-10-15(25-6)11-9-14)20-21-19(23)26-16(13(2)3)18(24)22(4)5/h7-11,13,16H,1,12H2,2-6H3/t16-/m1/s1. The summed E-state index contributed by atoms with van der Waals surface area (Å²) in [6.07, 6.45) is 1.80. The molecule has 26 heavy (non-hydrogen) atoms. The van der Waals surface area contributed by atoms with E-state index in [2.05, 4.69) is 16.8 Å². The van der Waals surface area contributed by atoms with E-state index in [1.807, 2.05) is 42.7 Å². The first-order chi connectivity index (χ1) is 12.4. The summed E-state index contributed by atoms with van der Waals surface area (Å²) in [5, 5.41) is 9.19. The highest BCUT2D eigenvalue weighted by molar-refractivity contribution is 8.00. The third kappa shape index (κ3) is 4.46. The van der Waals surface area contributed by atoms with E-state index in [0.29, 0.717) is 11.7 Å². The first-order valence-corrected chi connectivity index (χ1v) is 9.33. The molecule has 2 aromatic rings. The van der Waals surface area contributed by atoms with E-state index in [-0.39, 0.29) is 17.1 Å². The number of hydrogen-bond donors (Lipinski definition) is 0. The highest BCUT2D eigenvalue weighted by Gasteiger charge is 2.28. The van der Waals surface area contributed by atoms with Crippen molar-refractivity contribution in [2.24, 2.45) is 5.92 Å². The van der Waals surface area contributed by atoms with Gasteiger partial charge in [-0.05, 0) is 30.2 Å². The Balaban J connectivity index is 2.38. The van der Waals surface area contributed by atoms with Crippen molar-refractivity contribution in [2.75, 3.05) is 21.2 Å². The van der Waals surface area contributed by atoms with Crippen LogP contribution in [0.15, 0.2) is 42.1 Å². The molecule has 0 bridgehead atoms. The fourth-order valence-corrected chi connectivity index (χ4v) is 3.65. The Morgan fingerprint density at radius 2 is 1.96 bits per heavy atom. The zero-order valence-corrected chi connectivity index (χ0v) is 16.8. The Morgan fingerprint density at radius 3 is 2.46 bits per heavy atom. The molecule has 1 aromatic heterocycles. The van der Waals surface area contributed by atoms with Crippen molar-refractivity contribution in [2.45, 2.75) is 30.8 Å². The normalized spacial score (nSPS) is 12.1. The zero-order valence-electron chi connectivity index (χ0n) is 16.0. The van der Waals surface area contributed by atoms with Gasteiger partial charge in [0.1, 0.15) is 5.75 Å². The van der Waals surface area contributed by atoms with Crippen LogP contribution >= 0.6 is 11.8 Å². The van der Waals surface area contributed by atoms with Crippen LogP contribution in [-0.2, 0) is 11.3 Å². The zero-order chi connectivity index (χ0) is 19.3. The third-order valence-corrected chi connectivity index (χ3v) is 5.41. The molecule has 0 N–H and O–H groups in total. The average Bonchev–Trinajstić information content (AvgIpc) is 3.01. The van der Waals surface area contributed by atoms with Crippen LogP contribution in [0.1, 0.15) is 13.8 Å². The summed E-state index contributed by atoms with van der Waals surface area (Å²) in [7, 11) is 5.18. The monoisotopic (exact) mass is 374 g/mol. The smallest absolute Gasteiger partial charge is 0.235 e. The first kappa shape index (κ1) is 20.0. The molecule has 0 saturated heterocycles. The quantitative estimate of drug-likeness (QED) is 0.524. The highest BCUT2D eigenvalue weighted by Crippen LogP contribution is 2.31. The van der Waals surface area contributed by atoms with E-state index in [9.17, 15) is 4.79 Å². The molecular weight excluding hydrogens is 348 g/mol. The predicted molar refractivity (Wildman–Crippen MR) is 105 cm³/mol. The van der Waals surface area contributed by atoms with Crippen LogP contribution in [-0.4, -0.2) is 52.0 Å². The number of ether oxygens (including phenoxy) is 1. The van der Waals surface area contributed by atoms with E-state index >= 15 is 0 Å². The average molecular weight is 375 g/mol. The molecule has 0 unspecified atom stereocenters. The van der Waals surface area contributed by atoms with Crippen LogP contribution in [0.4, 0.5) is 0 Å². The minimum Gasteiger partial charge on any atom is -0.497 e. The number of amides is 1. The van der Waals surface area contributed by atoms with E-state index in [0.717, 1.165) is 17.1 Å². The number of thioether (sulfide) groups is 1. The van der Waals surface area contributed by atoms with Gasteiger partial charge in [0.25, 0.3) is 0 Å².